The molecule has 1 aliphatic rings. The molecule has 1 aromatic heterocycles. The van der Waals surface area contributed by atoms with Crippen molar-refractivity contribution in [1.82, 2.24) is 19.4 Å². The van der Waals surface area contributed by atoms with Crippen LogP contribution >= 0.6 is 15.9 Å². The van der Waals surface area contributed by atoms with Gasteiger partial charge in [-0.1, -0.05) is 41.4 Å². The van der Waals surface area contributed by atoms with Crippen LogP contribution in [0.2, 0.25) is 0 Å². The van der Waals surface area contributed by atoms with Gasteiger partial charge in [0.1, 0.15) is 5.82 Å². The lowest BCUT2D eigenvalue weighted by Crippen LogP contribution is -2.47. The van der Waals surface area contributed by atoms with Gasteiger partial charge in [0, 0.05) is 29.3 Å². The van der Waals surface area contributed by atoms with Gasteiger partial charge in [-0.2, -0.15) is 0 Å². The summed E-state index contributed by atoms with van der Waals surface area (Å²) in [5.74, 6) is 1.42. The Balaban J connectivity index is 1.56. The second kappa shape index (κ2) is 10.8. The third-order valence-electron chi connectivity index (χ3n) is 6.59. The highest BCUT2D eigenvalue weighted by Crippen LogP contribution is 2.26. The molecule has 6 heteroatoms. The molecule has 0 N–H and O–H groups in total. The average Bonchev–Trinajstić information content (AvgIpc) is 3.17. The van der Waals surface area contributed by atoms with Crippen molar-refractivity contribution >= 4 is 32.9 Å². The number of likely N-dealkylation sites (tertiary alicyclic amines) is 1. The molecule has 1 amide bonds. The molecule has 1 saturated heterocycles. The Morgan fingerprint density at radius 2 is 1.94 bits per heavy atom. The van der Waals surface area contributed by atoms with E-state index in [-0.39, 0.29) is 12.0 Å². The number of benzene rings is 2. The summed E-state index contributed by atoms with van der Waals surface area (Å²) in [5.41, 5.74) is 3.23. The van der Waals surface area contributed by atoms with Gasteiger partial charge in [-0.15, -0.1) is 0 Å². The van der Waals surface area contributed by atoms with Gasteiger partial charge < -0.3 is 4.90 Å². The van der Waals surface area contributed by atoms with Gasteiger partial charge in [-0.3, -0.25) is 14.3 Å². The lowest BCUT2D eigenvalue weighted by atomic mass is 9.95. The first-order valence-electron chi connectivity index (χ1n) is 12.2. The maximum absolute atomic E-state index is 13.4. The lowest BCUT2D eigenvalue weighted by Gasteiger charge is -2.36. The Bertz CT molecular complexity index is 1080. The van der Waals surface area contributed by atoms with Crippen LogP contribution in [-0.2, 0) is 11.3 Å². The first kappa shape index (κ1) is 24.0. The number of fused-ring (bicyclic) bond motifs is 1. The summed E-state index contributed by atoms with van der Waals surface area (Å²) in [6.07, 6.45) is 4.21. The maximum atomic E-state index is 13.4. The van der Waals surface area contributed by atoms with Crippen LogP contribution in [0.25, 0.3) is 16.7 Å². The van der Waals surface area contributed by atoms with Crippen LogP contribution in [0.15, 0.2) is 53.0 Å². The molecule has 0 saturated carbocycles. The van der Waals surface area contributed by atoms with E-state index < -0.39 is 0 Å². The molecule has 2 heterocycles. The maximum Gasteiger partial charge on any atom is 0.227 e. The summed E-state index contributed by atoms with van der Waals surface area (Å²) in [5, 5.41) is 0. The first-order valence-corrected chi connectivity index (χ1v) is 13.0. The number of aromatic nitrogens is 2. The molecule has 1 fully saturated rings. The molecular weight excluding hydrogens is 476 g/mol. The summed E-state index contributed by atoms with van der Waals surface area (Å²) in [6, 6.07) is 16.9. The van der Waals surface area contributed by atoms with Crippen molar-refractivity contribution in [3.05, 3.63) is 58.8 Å². The summed E-state index contributed by atoms with van der Waals surface area (Å²) in [6.45, 7) is 9.86. The Hall–Kier alpha value is -2.18. The third-order valence-corrected chi connectivity index (χ3v) is 7.12. The van der Waals surface area contributed by atoms with Gasteiger partial charge in [0.2, 0.25) is 5.91 Å². The number of nitrogens with zero attached hydrogens (tertiary/aromatic N) is 4. The highest BCUT2D eigenvalue weighted by atomic mass is 79.9. The fourth-order valence-corrected chi connectivity index (χ4v) is 5.11. The number of carbonyl (C=O) groups is 1. The van der Waals surface area contributed by atoms with Crippen LogP contribution < -0.4 is 0 Å². The van der Waals surface area contributed by atoms with Crippen LogP contribution in [0.4, 0.5) is 0 Å². The number of hydrogen-bond donors (Lipinski definition) is 0. The van der Waals surface area contributed by atoms with Gasteiger partial charge in [0.25, 0.3) is 0 Å². The molecule has 0 aliphatic carbocycles. The Morgan fingerprint density at radius 3 is 2.67 bits per heavy atom. The van der Waals surface area contributed by atoms with Gasteiger partial charge >= 0.3 is 0 Å². The minimum Gasteiger partial charge on any atom is -0.340 e. The molecule has 1 atom stereocenters. The van der Waals surface area contributed by atoms with Crippen LogP contribution in [0.3, 0.4) is 0 Å². The zero-order valence-electron chi connectivity index (χ0n) is 20.0. The van der Waals surface area contributed by atoms with Crippen molar-refractivity contribution in [3.63, 3.8) is 0 Å². The van der Waals surface area contributed by atoms with Gasteiger partial charge in [-0.25, -0.2) is 4.98 Å². The molecule has 5 nitrogen and oxygen atoms in total. The zero-order valence-corrected chi connectivity index (χ0v) is 21.6. The molecule has 1 aliphatic heterocycles. The second-order valence-corrected chi connectivity index (χ2v) is 10.3. The molecule has 4 rings (SSSR count). The summed E-state index contributed by atoms with van der Waals surface area (Å²) >= 11 is 3.55. The number of para-hydroxylation sites is 2. The topological polar surface area (TPSA) is 41.4 Å². The standard InChI is InChI=1S/C27H35BrN4O/c1-4-5-17-31(20(2)3)27(33)21-9-8-16-30(18-21)19-26-29-24-10-6-7-11-25(24)32(26)23-14-12-22(28)13-15-23/h6-7,10-15,20-21H,4-5,8-9,16-19H2,1-3H3/t21-/m1/s1. The zero-order chi connectivity index (χ0) is 23.4. The van der Waals surface area contributed by atoms with E-state index in [0.29, 0.717) is 5.91 Å². The fraction of sp³-hybridized carbons (Fsp3) is 0.481. The third kappa shape index (κ3) is 5.49. The number of carbonyl (C=O) groups excluding carboxylic acids is 1. The van der Waals surface area contributed by atoms with Crippen molar-refractivity contribution in [2.45, 2.75) is 59.0 Å². The SMILES string of the molecule is CCCCN(C(=O)[C@@H]1CCCN(Cc2nc3ccccc3n2-c2ccc(Br)cc2)C1)C(C)C. The Morgan fingerprint density at radius 1 is 1.18 bits per heavy atom. The van der Waals surface area contributed by atoms with Gasteiger partial charge in [0.05, 0.1) is 23.5 Å². The van der Waals surface area contributed by atoms with Crippen LogP contribution in [0.5, 0.6) is 0 Å². The van der Waals surface area contributed by atoms with Crippen molar-refractivity contribution in [3.8, 4) is 5.69 Å². The van der Waals surface area contributed by atoms with E-state index in [1.54, 1.807) is 0 Å². The van der Waals surface area contributed by atoms with Crippen LogP contribution in [0, 0.1) is 5.92 Å². The minimum atomic E-state index is 0.0727. The van der Waals surface area contributed by atoms with Crippen molar-refractivity contribution < 1.29 is 4.79 Å². The number of amides is 1. The first-order chi connectivity index (χ1) is 16.0. The summed E-state index contributed by atoms with van der Waals surface area (Å²) in [7, 11) is 0. The second-order valence-electron chi connectivity index (χ2n) is 9.38. The van der Waals surface area contributed by atoms with E-state index in [0.717, 1.165) is 78.9 Å². The van der Waals surface area contributed by atoms with Crippen molar-refractivity contribution in [2.24, 2.45) is 5.92 Å². The molecule has 3 aromatic rings. The normalized spacial score (nSPS) is 17.1. The molecule has 0 unspecified atom stereocenters. The van der Waals surface area contributed by atoms with Gasteiger partial charge in [-0.05, 0) is 76.1 Å². The Labute approximate surface area is 205 Å². The van der Waals surface area contributed by atoms with Crippen LogP contribution in [-0.4, -0.2) is 50.9 Å². The van der Waals surface area contributed by atoms with Gasteiger partial charge in [0.15, 0.2) is 0 Å². The summed E-state index contributed by atoms with van der Waals surface area (Å²) in [4.78, 5) is 22.9. The quantitative estimate of drug-likeness (QED) is 0.371. The molecule has 2 aromatic carbocycles. The average molecular weight is 512 g/mol. The highest BCUT2D eigenvalue weighted by molar-refractivity contribution is 9.10. The van der Waals surface area contributed by atoms with E-state index in [1.807, 2.05) is 6.07 Å². The number of rotatable bonds is 8. The predicted octanol–water partition coefficient (Wildman–Crippen LogP) is 6.04. The fourth-order valence-electron chi connectivity index (χ4n) is 4.85. The Kier molecular flexibility index (Phi) is 7.86. The number of imidazole rings is 1. The number of hydrogen-bond acceptors (Lipinski definition) is 3. The minimum absolute atomic E-state index is 0.0727. The van der Waals surface area contributed by atoms with E-state index in [4.69, 9.17) is 4.98 Å². The predicted molar refractivity (Wildman–Crippen MR) is 139 cm³/mol. The molecule has 176 valence electrons. The van der Waals surface area contributed by atoms with Crippen LogP contribution in [0.1, 0.15) is 52.3 Å². The molecular formula is C27H35BrN4O. The molecule has 0 spiro atoms. The molecule has 0 radical (unpaired) electrons. The monoisotopic (exact) mass is 510 g/mol. The summed E-state index contributed by atoms with van der Waals surface area (Å²) < 4.78 is 3.32. The molecule has 33 heavy (non-hydrogen) atoms. The largest absolute Gasteiger partial charge is 0.340 e. The van der Waals surface area contributed by atoms with E-state index in [2.05, 4.69) is 93.5 Å². The smallest absolute Gasteiger partial charge is 0.227 e. The van der Waals surface area contributed by atoms with E-state index >= 15 is 0 Å². The molecule has 0 bridgehead atoms. The number of halogens is 1. The lowest BCUT2D eigenvalue weighted by molar-refractivity contribution is -0.139. The van der Waals surface area contributed by atoms with E-state index in [1.165, 1.54) is 0 Å². The van der Waals surface area contributed by atoms with Crippen molar-refractivity contribution in [1.29, 1.82) is 0 Å². The van der Waals surface area contributed by atoms with Crippen molar-refractivity contribution in [2.75, 3.05) is 19.6 Å². The number of unbranched alkanes of at least 4 members (excludes halogenated alkanes) is 1. The number of piperidine rings is 1. The highest BCUT2D eigenvalue weighted by Gasteiger charge is 2.31. The van der Waals surface area contributed by atoms with E-state index in [9.17, 15) is 4.79 Å².